The Morgan fingerprint density at radius 1 is 1.62 bits per heavy atom. The van der Waals surface area contributed by atoms with Gasteiger partial charge in [-0.25, -0.2) is 4.39 Å². The lowest BCUT2D eigenvalue weighted by Crippen LogP contribution is -2.25. The normalized spacial score (nSPS) is 27.8. The molecule has 0 spiro atoms. The number of carbonyl (C=O) groups is 1. The molecule has 3 nitrogen and oxygen atoms in total. The van der Waals surface area contributed by atoms with E-state index in [1.807, 2.05) is 0 Å². The molecule has 1 aliphatic rings. The fourth-order valence-corrected chi connectivity index (χ4v) is 2.48. The Hall–Kier alpha value is -1.13. The van der Waals surface area contributed by atoms with Gasteiger partial charge in [-0.15, -0.1) is 0 Å². The molecular formula is C11H10ClFO3. The minimum Gasteiger partial charge on any atom is -0.481 e. The van der Waals surface area contributed by atoms with Crippen molar-refractivity contribution in [1.82, 2.24) is 0 Å². The molecule has 1 aromatic rings. The van der Waals surface area contributed by atoms with E-state index in [0.717, 1.165) is 0 Å². The van der Waals surface area contributed by atoms with E-state index in [1.54, 1.807) is 0 Å². The predicted octanol–water partition coefficient (Wildman–Crippen LogP) is 1.81. The quantitative estimate of drug-likeness (QED) is 0.853. The third kappa shape index (κ3) is 1.41. The maximum absolute atomic E-state index is 13.6. The summed E-state index contributed by atoms with van der Waals surface area (Å²) in [4.78, 5) is 11.2. The molecule has 0 aromatic heterocycles. The second-order valence-corrected chi connectivity index (χ2v) is 4.36. The average molecular weight is 245 g/mol. The van der Waals surface area contributed by atoms with Crippen LogP contribution in [0.4, 0.5) is 4.39 Å². The van der Waals surface area contributed by atoms with Crippen molar-refractivity contribution in [2.45, 2.75) is 11.8 Å². The van der Waals surface area contributed by atoms with E-state index in [9.17, 15) is 14.3 Å². The van der Waals surface area contributed by atoms with Crippen molar-refractivity contribution in [3.8, 4) is 0 Å². The molecule has 1 aliphatic carbocycles. The summed E-state index contributed by atoms with van der Waals surface area (Å²) in [7, 11) is 0. The number of carboxylic acid groups (broad SMARTS) is 1. The summed E-state index contributed by atoms with van der Waals surface area (Å²) in [6, 6.07) is 4.06. The lowest BCUT2D eigenvalue weighted by Gasteiger charge is -2.14. The molecule has 2 rings (SSSR count). The van der Waals surface area contributed by atoms with E-state index in [0.29, 0.717) is 0 Å². The summed E-state index contributed by atoms with van der Waals surface area (Å²) in [5, 5.41) is 18.3. The van der Waals surface area contributed by atoms with Gasteiger partial charge in [0.25, 0.3) is 0 Å². The highest BCUT2D eigenvalue weighted by molar-refractivity contribution is 6.31. The van der Waals surface area contributed by atoms with E-state index in [4.69, 9.17) is 16.7 Å². The lowest BCUT2D eigenvalue weighted by atomic mass is 9.93. The van der Waals surface area contributed by atoms with Gasteiger partial charge in [0.05, 0.1) is 0 Å². The van der Waals surface area contributed by atoms with Gasteiger partial charge in [-0.3, -0.25) is 4.79 Å². The van der Waals surface area contributed by atoms with Crippen LogP contribution in [0.15, 0.2) is 18.2 Å². The first-order valence-corrected chi connectivity index (χ1v) is 5.20. The minimum atomic E-state index is -1.35. The number of hydrogen-bond acceptors (Lipinski definition) is 2. The molecule has 5 heteroatoms. The first-order chi connectivity index (χ1) is 7.54. The predicted molar refractivity (Wildman–Crippen MR) is 55.9 cm³/mol. The molecule has 2 N–H and O–H groups in total. The molecule has 1 saturated carbocycles. The van der Waals surface area contributed by atoms with Crippen LogP contribution in [0, 0.1) is 11.7 Å². The molecule has 0 bridgehead atoms. The van der Waals surface area contributed by atoms with Crippen molar-refractivity contribution < 1.29 is 19.4 Å². The van der Waals surface area contributed by atoms with Crippen LogP contribution in [0.3, 0.4) is 0 Å². The number of halogens is 2. The summed E-state index contributed by atoms with van der Waals surface area (Å²) in [6.07, 6.45) is 0.222. The van der Waals surface area contributed by atoms with Crippen LogP contribution in [0.2, 0.25) is 5.02 Å². The van der Waals surface area contributed by atoms with Crippen LogP contribution >= 0.6 is 11.6 Å². The maximum atomic E-state index is 13.6. The van der Waals surface area contributed by atoms with Gasteiger partial charge >= 0.3 is 5.97 Å². The van der Waals surface area contributed by atoms with Crippen LogP contribution in [0.5, 0.6) is 0 Å². The Labute approximate surface area is 96.5 Å². The molecule has 0 aliphatic heterocycles. The molecule has 2 atom stereocenters. The van der Waals surface area contributed by atoms with Gasteiger partial charge in [0.2, 0.25) is 0 Å². The van der Waals surface area contributed by atoms with E-state index in [-0.39, 0.29) is 23.6 Å². The van der Waals surface area contributed by atoms with Crippen molar-refractivity contribution in [3.63, 3.8) is 0 Å². The van der Waals surface area contributed by atoms with E-state index >= 15 is 0 Å². The van der Waals surface area contributed by atoms with Crippen LogP contribution in [0.25, 0.3) is 0 Å². The van der Waals surface area contributed by atoms with Gasteiger partial charge in [-0.05, 0) is 18.6 Å². The van der Waals surface area contributed by atoms with E-state index in [1.165, 1.54) is 18.2 Å². The third-order valence-corrected chi connectivity index (χ3v) is 3.43. The highest BCUT2D eigenvalue weighted by atomic mass is 35.5. The first kappa shape index (κ1) is 11.4. The Morgan fingerprint density at radius 2 is 2.31 bits per heavy atom. The summed E-state index contributed by atoms with van der Waals surface area (Å²) in [6.45, 7) is -0.281. The van der Waals surface area contributed by atoms with Crippen molar-refractivity contribution in [1.29, 1.82) is 0 Å². The summed E-state index contributed by atoms with van der Waals surface area (Å²) >= 11 is 5.84. The second-order valence-electron chi connectivity index (χ2n) is 3.96. The third-order valence-electron chi connectivity index (χ3n) is 3.12. The number of rotatable bonds is 3. The standard InChI is InChI=1S/C11H10ClFO3/c12-7-2-1-3-8(13)9(7)11(10(15)16)4-6(11)5-14/h1-3,6,14H,4-5H2,(H,15,16). The van der Waals surface area contributed by atoms with Gasteiger partial charge in [-0.2, -0.15) is 0 Å². The monoisotopic (exact) mass is 244 g/mol. The molecule has 2 unspecified atom stereocenters. The number of aliphatic carboxylic acids is 1. The largest absolute Gasteiger partial charge is 0.481 e. The Kier molecular flexibility index (Phi) is 2.64. The zero-order valence-corrected chi connectivity index (χ0v) is 9.04. The lowest BCUT2D eigenvalue weighted by molar-refractivity contribution is -0.140. The minimum absolute atomic E-state index is 0.0109. The Balaban J connectivity index is 2.55. The molecule has 0 radical (unpaired) electrons. The molecule has 0 heterocycles. The number of aliphatic hydroxyl groups excluding tert-OH is 1. The van der Waals surface area contributed by atoms with Gasteiger partial charge in [0.15, 0.2) is 0 Å². The zero-order chi connectivity index (χ0) is 11.9. The van der Waals surface area contributed by atoms with Crippen molar-refractivity contribution in [2.24, 2.45) is 5.92 Å². The molecule has 0 saturated heterocycles. The number of aliphatic hydroxyl groups is 1. The van der Waals surface area contributed by atoms with Gasteiger partial charge in [0.1, 0.15) is 11.2 Å². The number of benzene rings is 1. The van der Waals surface area contributed by atoms with Crippen LogP contribution < -0.4 is 0 Å². The molecule has 1 fully saturated rings. The van der Waals surface area contributed by atoms with Crippen molar-refractivity contribution in [3.05, 3.63) is 34.6 Å². The molecule has 16 heavy (non-hydrogen) atoms. The van der Waals surface area contributed by atoms with Crippen LogP contribution in [-0.4, -0.2) is 22.8 Å². The summed E-state index contributed by atoms with van der Waals surface area (Å²) in [5.41, 5.74) is -1.36. The zero-order valence-electron chi connectivity index (χ0n) is 8.28. The topological polar surface area (TPSA) is 57.5 Å². The first-order valence-electron chi connectivity index (χ1n) is 4.82. The highest BCUT2D eigenvalue weighted by Gasteiger charge is 2.63. The molecule has 1 aromatic carbocycles. The maximum Gasteiger partial charge on any atom is 0.314 e. The fourth-order valence-electron chi connectivity index (χ4n) is 2.15. The van der Waals surface area contributed by atoms with Gasteiger partial charge in [0, 0.05) is 23.1 Å². The van der Waals surface area contributed by atoms with Crippen molar-refractivity contribution in [2.75, 3.05) is 6.61 Å². The van der Waals surface area contributed by atoms with Gasteiger partial charge < -0.3 is 10.2 Å². The Bertz CT molecular complexity index is 429. The molecule has 0 amide bonds. The fraction of sp³-hybridized carbons (Fsp3) is 0.364. The number of hydrogen-bond donors (Lipinski definition) is 2. The smallest absolute Gasteiger partial charge is 0.314 e. The average Bonchev–Trinajstić information content (AvgIpc) is 2.93. The summed E-state index contributed by atoms with van der Waals surface area (Å²) in [5.74, 6) is -2.23. The highest BCUT2D eigenvalue weighted by Crippen LogP contribution is 2.56. The number of carboxylic acids is 1. The van der Waals surface area contributed by atoms with E-state index in [2.05, 4.69) is 0 Å². The SMILES string of the molecule is O=C(O)C1(c2c(F)cccc2Cl)CC1CO. The summed E-state index contributed by atoms with van der Waals surface area (Å²) < 4.78 is 13.6. The molecular weight excluding hydrogens is 235 g/mol. The van der Waals surface area contributed by atoms with Crippen molar-refractivity contribution >= 4 is 17.6 Å². The van der Waals surface area contributed by atoms with E-state index < -0.39 is 23.1 Å². The Morgan fingerprint density at radius 3 is 2.75 bits per heavy atom. The van der Waals surface area contributed by atoms with Gasteiger partial charge in [-0.1, -0.05) is 17.7 Å². The molecule has 86 valence electrons. The van der Waals surface area contributed by atoms with Crippen LogP contribution in [-0.2, 0) is 10.2 Å². The van der Waals surface area contributed by atoms with Crippen LogP contribution in [0.1, 0.15) is 12.0 Å². The second kappa shape index (κ2) is 3.71.